The Hall–Kier alpha value is -2.86. The van der Waals surface area contributed by atoms with E-state index in [0.717, 1.165) is 61.4 Å². The van der Waals surface area contributed by atoms with Gasteiger partial charge in [-0.3, -0.25) is 4.79 Å². The van der Waals surface area contributed by atoms with Crippen LogP contribution in [0.25, 0.3) is 0 Å². The van der Waals surface area contributed by atoms with Crippen LogP contribution in [0.3, 0.4) is 0 Å². The van der Waals surface area contributed by atoms with Crippen molar-refractivity contribution >= 4 is 12.0 Å². The molecule has 6 nitrogen and oxygen atoms in total. The summed E-state index contributed by atoms with van der Waals surface area (Å²) in [7, 11) is 0. The number of amides is 2. The molecule has 2 aromatic carbocycles. The van der Waals surface area contributed by atoms with E-state index in [1.165, 1.54) is 25.7 Å². The Morgan fingerprint density at radius 1 is 0.886 bits per heavy atom. The molecule has 5 rings (SSSR count). The summed E-state index contributed by atoms with van der Waals surface area (Å²) in [6.07, 6.45) is 5.74. The average molecular weight is 478 g/mol. The highest BCUT2D eigenvalue weighted by Crippen LogP contribution is 2.33. The molecule has 6 heteroatoms. The highest BCUT2D eigenvalue weighted by atomic mass is 16.4. The maximum atomic E-state index is 13.1. The molecule has 0 spiro atoms. The minimum atomic E-state index is -0.993. The van der Waals surface area contributed by atoms with Crippen molar-refractivity contribution < 1.29 is 14.7 Å². The summed E-state index contributed by atoms with van der Waals surface area (Å²) >= 11 is 0. The van der Waals surface area contributed by atoms with Gasteiger partial charge in [-0.15, -0.1) is 0 Å². The van der Waals surface area contributed by atoms with Crippen LogP contribution in [0.5, 0.6) is 0 Å². The summed E-state index contributed by atoms with van der Waals surface area (Å²) in [4.78, 5) is 28.8. The van der Waals surface area contributed by atoms with Crippen LogP contribution in [0.15, 0.2) is 48.5 Å². The maximum absolute atomic E-state index is 13.1. The van der Waals surface area contributed by atoms with E-state index in [2.05, 4.69) is 10.2 Å². The Balaban J connectivity index is 0.000000656. The molecular formula is C29H39N3O3. The van der Waals surface area contributed by atoms with Gasteiger partial charge in [-0.25, -0.2) is 4.79 Å². The molecule has 3 aliphatic rings. The van der Waals surface area contributed by atoms with Gasteiger partial charge in [0.05, 0.1) is 6.04 Å². The van der Waals surface area contributed by atoms with Gasteiger partial charge < -0.3 is 20.2 Å². The average Bonchev–Trinajstić information content (AvgIpc) is 3.34. The van der Waals surface area contributed by atoms with Crippen molar-refractivity contribution in [1.29, 1.82) is 0 Å². The molecule has 3 fully saturated rings. The number of aryl methyl sites for hydroxylation is 2. The van der Waals surface area contributed by atoms with E-state index >= 15 is 0 Å². The number of nitrogens with zero attached hydrogens (tertiary/aromatic N) is 2. The lowest BCUT2D eigenvalue weighted by atomic mass is 10.0. The minimum absolute atomic E-state index is 0.159. The Labute approximate surface area is 209 Å². The van der Waals surface area contributed by atoms with Gasteiger partial charge in [0.1, 0.15) is 0 Å². The first-order valence-electron chi connectivity index (χ1n) is 13.0. The molecule has 3 atom stereocenters. The summed E-state index contributed by atoms with van der Waals surface area (Å²) in [6, 6.07) is 15.6. The Morgan fingerprint density at radius 3 is 1.97 bits per heavy atom. The maximum Gasteiger partial charge on any atom is 0.405 e. The summed E-state index contributed by atoms with van der Waals surface area (Å²) in [5, 5.41) is 11.9. The fourth-order valence-electron chi connectivity index (χ4n) is 5.47. The van der Waals surface area contributed by atoms with Crippen molar-refractivity contribution in [2.24, 2.45) is 11.8 Å². The summed E-state index contributed by atoms with van der Waals surface area (Å²) < 4.78 is 0. The second kappa shape index (κ2) is 11.7. The second-order valence-corrected chi connectivity index (χ2v) is 10.4. The van der Waals surface area contributed by atoms with E-state index in [9.17, 15) is 14.7 Å². The fraction of sp³-hybridized carbons (Fsp3) is 0.517. The molecule has 188 valence electrons. The van der Waals surface area contributed by atoms with Crippen molar-refractivity contribution in [2.75, 3.05) is 32.7 Å². The van der Waals surface area contributed by atoms with E-state index < -0.39 is 6.09 Å². The van der Waals surface area contributed by atoms with Crippen LogP contribution in [0.4, 0.5) is 4.79 Å². The third-order valence-electron chi connectivity index (χ3n) is 7.78. The quantitative estimate of drug-likeness (QED) is 0.595. The van der Waals surface area contributed by atoms with Crippen LogP contribution in [0.1, 0.15) is 65.2 Å². The Bertz CT molecular complexity index is 967. The SMILES string of the molecule is C1CCC1.Cc1cccc(C)c1C(=O)N1CC2CN(CCC(NC(=O)O)c3ccccc3)C[C@H]2C1. The molecule has 0 bridgehead atoms. The van der Waals surface area contributed by atoms with Crippen molar-refractivity contribution in [2.45, 2.75) is 52.0 Å². The van der Waals surface area contributed by atoms with Crippen molar-refractivity contribution in [3.63, 3.8) is 0 Å². The largest absolute Gasteiger partial charge is 0.465 e. The third kappa shape index (κ3) is 6.43. The van der Waals surface area contributed by atoms with Crippen LogP contribution in [-0.4, -0.2) is 59.6 Å². The molecule has 2 aromatic rings. The minimum Gasteiger partial charge on any atom is -0.465 e. The normalized spacial score (nSPS) is 21.9. The highest BCUT2D eigenvalue weighted by molar-refractivity contribution is 5.97. The van der Waals surface area contributed by atoms with Gasteiger partial charge in [-0.1, -0.05) is 74.2 Å². The summed E-state index contributed by atoms with van der Waals surface area (Å²) in [6.45, 7) is 8.41. The van der Waals surface area contributed by atoms with Gasteiger partial charge in [-0.05, 0) is 48.8 Å². The van der Waals surface area contributed by atoms with E-state index in [-0.39, 0.29) is 11.9 Å². The molecule has 2 unspecified atom stereocenters. The first kappa shape index (κ1) is 25.2. The number of likely N-dealkylation sites (tertiary alicyclic amines) is 2. The molecule has 2 amide bonds. The molecule has 0 aromatic heterocycles. The van der Waals surface area contributed by atoms with E-state index in [4.69, 9.17) is 0 Å². The highest BCUT2D eigenvalue weighted by Gasteiger charge is 2.42. The lowest BCUT2D eigenvalue weighted by Gasteiger charge is -2.25. The number of carbonyl (C=O) groups excluding carboxylic acids is 1. The second-order valence-electron chi connectivity index (χ2n) is 10.4. The Kier molecular flexibility index (Phi) is 8.45. The number of rotatable bonds is 6. The number of hydrogen-bond acceptors (Lipinski definition) is 3. The lowest BCUT2D eigenvalue weighted by molar-refractivity contribution is 0.0772. The number of nitrogens with one attached hydrogen (secondary N) is 1. The van der Waals surface area contributed by atoms with Crippen LogP contribution in [0.2, 0.25) is 0 Å². The fourth-order valence-corrected chi connectivity index (χ4v) is 5.47. The molecule has 2 aliphatic heterocycles. The monoisotopic (exact) mass is 477 g/mol. The Morgan fingerprint density at radius 2 is 1.46 bits per heavy atom. The molecule has 2 N–H and O–H groups in total. The third-order valence-corrected chi connectivity index (χ3v) is 7.78. The predicted octanol–water partition coefficient (Wildman–Crippen LogP) is 5.27. The lowest BCUT2D eigenvalue weighted by Crippen LogP contribution is -2.35. The number of hydrogen-bond donors (Lipinski definition) is 2. The standard InChI is InChI=1S/C25H31N3O3.C4H8/c1-17-7-6-8-18(2)23(17)24(29)28-15-20-13-27(14-21(20)16-28)12-11-22(26-25(30)31)19-9-4-3-5-10-19;1-2-4-3-1/h3-10,20-22,26H,11-16H2,1-2H3,(H,30,31);1-4H2/t20-,21?,22?;/m0./s1. The van der Waals surface area contributed by atoms with Crippen molar-refractivity contribution in [3.8, 4) is 0 Å². The molecular weight excluding hydrogens is 438 g/mol. The van der Waals surface area contributed by atoms with Gasteiger partial charge in [0.15, 0.2) is 0 Å². The zero-order chi connectivity index (χ0) is 24.8. The smallest absolute Gasteiger partial charge is 0.405 e. The molecule has 35 heavy (non-hydrogen) atoms. The molecule has 1 aliphatic carbocycles. The first-order chi connectivity index (χ1) is 16.9. The van der Waals surface area contributed by atoms with E-state index in [0.29, 0.717) is 11.8 Å². The van der Waals surface area contributed by atoms with Gasteiger partial charge in [0.2, 0.25) is 0 Å². The van der Waals surface area contributed by atoms with Crippen LogP contribution in [-0.2, 0) is 0 Å². The van der Waals surface area contributed by atoms with Gasteiger partial charge >= 0.3 is 6.09 Å². The number of carbonyl (C=O) groups is 2. The first-order valence-corrected chi connectivity index (χ1v) is 13.0. The predicted molar refractivity (Wildman–Crippen MR) is 139 cm³/mol. The summed E-state index contributed by atoms with van der Waals surface area (Å²) in [5.74, 6) is 1.15. The number of carboxylic acid groups (broad SMARTS) is 1. The van der Waals surface area contributed by atoms with Crippen molar-refractivity contribution in [1.82, 2.24) is 15.1 Å². The molecule has 0 radical (unpaired) electrons. The topological polar surface area (TPSA) is 72.9 Å². The molecule has 2 saturated heterocycles. The van der Waals surface area contributed by atoms with Crippen LogP contribution < -0.4 is 5.32 Å². The van der Waals surface area contributed by atoms with Gasteiger partial charge in [0.25, 0.3) is 5.91 Å². The van der Waals surface area contributed by atoms with Crippen molar-refractivity contribution in [3.05, 3.63) is 70.8 Å². The number of benzene rings is 2. The zero-order valence-electron chi connectivity index (χ0n) is 21.1. The summed E-state index contributed by atoms with van der Waals surface area (Å²) in [5.41, 5.74) is 3.93. The molecule has 1 saturated carbocycles. The van der Waals surface area contributed by atoms with Crippen LogP contribution in [0, 0.1) is 25.7 Å². The van der Waals surface area contributed by atoms with E-state index in [1.807, 2.05) is 67.3 Å². The van der Waals surface area contributed by atoms with Crippen LogP contribution >= 0.6 is 0 Å². The van der Waals surface area contributed by atoms with Gasteiger partial charge in [0, 0.05) is 38.3 Å². The van der Waals surface area contributed by atoms with E-state index in [1.54, 1.807) is 0 Å². The zero-order valence-corrected chi connectivity index (χ0v) is 21.1. The van der Waals surface area contributed by atoms with Gasteiger partial charge in [-0.2, -0.15) is 0 Å². The number of fused-ring (bicyclic) bond motifs is 1. The molecule has 2 heterocycles.